The standard InChI is InChI=1S/C7H7F3N2/c8-3-4-1-5(12-11)2-6(9)7(4)10/h1-2,12H,3,11H2. The minimum Gasteiger partial charge on any atom is -0.324 e. The van der Waals surface area contributed by atoms with Crippen LogP contribution in [0.1, 0.15) is 5.56 Å². The Morgan fingerprint density at radius 3 is 2.50 bits per heavy atom. The van der Waals surface area contributed by atoms with Crippen LogP contribution in [-0.2, 0) is 6.67 Å². The molecule has 2 nitrogen and oxygen atoms in total. The number of rotatable bonds is 2. The first-order valence-electron chi connectivity index (χ1n) is 3.19. The van der Waals surface area contributed by atoms with Crippen molar-refractivity contribution in [2.45, 2.75) is 6.67 Å². The van der Waals surface area contributed by atoms with Crippen molar-refractivity contribution in [3.63, 3.8) is 0 Å². The van der Waals surface area contributed by atoms with Crippen LogP contribution >= 0.6 is 0 Å². The van der Waals surface area contributed by atoms with Gasteiger partial charge in [-0.2, -0.15) is 0 Å². The van der Waals surface area contributed by atoms with Crippen molar-refractivity contribution in [3.05, 3.63) is 29.3 Å². The van der Waals surface area contributed by atoms with Gasteiger partial charge in [-0.3, -0.25) is 5.84 Å². The number of hydrogen-bond acceptors (Lipinski definition) is 2. The monoisotopic (exact) mass is 176 g/mol. The number of nitrogens with one attached hydrogen (secondary N) is 1. The zero-order chi connectivity index (χ0) is 9.14. The summed E-state index contributed by atoms with van der Waals surface area (Å²) < 4.78 is 37.2. The average molecular weight is 176 g/mol. The molecule has 5 heteroatoms. The zero-order valence-electron chi connectivity index (χ0n) is 6.07. The van der Waals surface area contributed by atoms with Crippen LogP contribution < -0.4 is 11.3 Å². The van der Waals surface area contributed by atoms with Gasteiger partial charge in [0.2, 0.25) is 0 Å². The number of halogens is 3. The molecule has 0 radical (unpaired) electrons. The molecule has 0 heterocycles. The molecule has 0 saturated heterocycles. The second kappa shape index (κ2) is 3.44. The van der Waals surface area contributed by atoms with Crippen LogP contribution in [0.5, 0.6) is 0 Å². The molecular formula is C7H7F3N2. The Hall–Kier alpha value is -1.23. The van der Waals surface area contributed by atoms with Gasteiger partial charge in [0, 0.05) is 11.6 Å². The van der Waals surface area contributed by atoms with Gasteiger partial charge in [0.1, 0.15) is 6.67 Å². The smallest absolute Gasteiger partial charge is 0.164 e. The van der Waals surface area contributed by atoms with E-state index in [4.69, 9.17) is 5.84 Å². The van der Waals surface area contributed by atoms with E-state index in [2.05, 4.69) is 5.43 Å². The van der Waals surface area contributed by atoms with Gasteiger partial charge >= 0.3 is 0 Å². The van der Waals surface area contributed by atoms with Gasteiger partial charge in [-0.15, -0.1) is 0 Å². The second-order valence-corrected chi connectivity index (χ2v) is 2.21. The normalized spacial score (nSPS) is 10.0. The number of nitrogen functional groups attached to an aromatic ring is 1. The van der Waals surface area contributed by atoms with Crippen molar-refractivity contribution >= 4 is 5.69 Å². The fraction of sp³-hybridized carbons (Fsp3) is 0.143. The van der Waals surface area contributed by atoms with E-state index < -0.39 is 18.3 Å². The number of anilines is 1. The minimum absolute atomic E-state index is 0.140. The quantitative estimate of drug-likeness (QED) is 0.531. The van der Waals surface area contributed by atoms with Gasteiger partial charge in [0.25, 0.3) is 0 Å². The molecule has 12 heavy (non-hydrogen) atoms. The van der Waals surface area contributed by atoms with Crippen molar-refractivity contribution in [1.29, 1.82) is 0 Å². The third kappa shape index (κ3) is 1.50. The van der Waals surface area contributed by atoms with E-state index in [1.165, 1.54) is 0 Å². The topological polar surface area (TPSA) is 38.0 Å². The molecule has 1 aromatic rings. The minimum atomic E-state index is -1.17. The Labute approximate surface area is 67.2 Å². The van der Waals surface area contributed by atoms with E-state index in [9.17, 15) is 13.2 Å². The predicted octanol–water partition coefficient (Wildman–Crippen LogP) is 1.72. The molecule has 0 fully saturated rings. The highest BCUT2D eigenvalue weighted by molar-refractivity contribution is 5.45. The van der Waals surface area contributed by atoms with Gasteiger partial charge in [-0.25, -0.2) is 13.2 Å². The average Bonchev–Trinajstić information content (AvgIpc) is 2.09. The first-order valence-corrected chi connectivity index (χ1v) is 3.19. The van der Waals surface area contributed by atoms with Gasteiger partial charge in [0.05, 0.1) is 5.69 Å². The molecule has 0 aliphatic heterocycles. The van der Waals surface area contributed by atoms with E-state index in [1.54, 1.807) is 0 Å². The van der Waals surface area contributed by atoms with Crippen molar-refractivity contribution in [2.24, 2.45) is 5.84 Å². The third-order valence-electron chi connectivity index (χ3n) is 1.41. The van der Waals surface area contributed by atoms with Crippen molar-refractivity contribution < 1.29 is 13.2 Å². The van der Waals surface area contributed by atoms with E-state index in [-0.39, 0.29) is 11.3 Å². The molecule has 0 aliphatic carbocycles. The number of alkyl halides is 1. The summed E-state index contributed by atoms with van der Waals surface area (Å²) in [6.45, 7) is -1.06. The van der Waals surface area contributed by atoms with E-state index in [0.717, 1.165) is 12.1 Å². The molecule has 0 aliphatic rings. The highest BCUT2D eigenvalue weighted by atomic mass is 19.2. The maximum Gasteiger partial charge on any atom is 0.164 e. The molecule has 1 rings (SSSR count). The number of nitrogens with two attached hydrogens (primary N) is 1. The Kier molecular flexibility index (Phi) is 2.54. The first kappa shape index (κ1) is 8.86. The Balaban J connectivity index is 3.19. The summed E-state index contributed by atoms with van der Waals surface area (Å²) in [5.41, 5.74) is 1.89. The van der Waals surface area contributed by atoms with Crippen LogP contribution in [0.3, 0.4) is 0 Å². The summed E-state index contributed by atoms with van der Waals surface area (Å²) >= 11 is 0. The van der Waals surface area contributed by atoms with Gasteiger partial charge < -0.3 is 5.43 Å². The summed E-state index contributed by atoms with van der Waals surface area (Å²) in [7, 11) is 0. The molecule has 0 spiro atoms. The zero-order valence-corrected chi connectivity index (χ0v) is 6.07. The molecule has 0 saturated carbocycles. The SMILES string of the molecule is NNc1cc(F)c(F)c(CF)c1. The lowest BCUT2D eigenvalue weighted by molar-refractivity contribution is 0.441. The maximum atomic E-state index is 12.6. The van der Waals surface area contributed by atoms with Crippen LogP contribution in [0.4, 0.5) is 18.9 Å². The lowest BCUT2D eigenvalue weighted by Crippen LogP contribution is -2.08. The van der Waals surface area contributed by atoms with Gasteiger partial charge in [-0.05, 0) is 6.07 Å². The largest absolute Gasteiger partial charge is 0.324 e. The highest BCUT2D eigenvalue weighted by Crippen LogP contribution is 2.18. The molecule has 0 aromatic heterocycles. The van der Waals surface area contributed by atoms with Crippen molar-refractivity contribution in [1.82, 2.24) is 0 Å². The van der Waals surface area contributed by atoms with E-state index >= 15 is 0 Å². The van der Waals surface area contributed by atoms with E-state index in [0.29, 0.717) is 0 Å². The summed E-state index contributed by atoms with van der Waals surface area (Å²) in [6, 6.07) is 1.97. The Bertz CT molecular complexity index is 288. The first-order chi connectivity index (χ1) is 5.69. The molecule has 3 N–H and O–H groups in total. The number of hydrogen-bond donors (Lipinski definition) is 2. The second-order valence-electron chi connectivity index (χ2n) is 2.21. The van der Waals surface area contributed by atoms with Crippen molar-refractivity contribution in [3.8, 4) is 0 Å². The molecule has 66 valence electrons. The number of benzene rings is 1. The van der Waals surface area contributed by atoms with Crippen LogP contribution in [0.25, 0.3) is 0 Å². The maximum absolute atomic E-state index is 12.6. The number of hydrazine groups is 1. The Morgan fingerprint density at radius 1 is 1.33 bits per heavy atom. The summed E-state index contributed by atoms with van der Waals surface area (Å²) in [5, 5.41) is 0. The molecule has 0 atom stereocenters. The fourth-order valence-electron chi connectivity index (χ4n) is 0.827. The lowest BCUT2D eigenvalue weighted by atomic mass is 10.2. The van der Waals surface area contributed by atoms with Crippen LogP contribution in [0.2, 0.25) is 0 Å². The molecule has 1 aromatic carbocycles. The molecular weight excluding hydrogens is 169 g/mol. The predicted molar refractivity (Wildman–Crippen MR) is 39.0 cm³/mol. The summed E-state index contributed by atoms with van der Waals surface area (Å²) in [6.07, 6.45) is 0. The molecule has 0 bridgehead atoms. The van der Waals surface area contributed by atoms with Crippen LogP contribution in [0.15, 0.2) is 12.1 Å². The highest BCUT2D eigenvalue weighted by Gasteiger charge is 2.09. The third-order valence-corrected chi connectivity index (χ3v) is 1.41. The molecule has 0 unspecified atom stereocenters. The molecule has 0 amide bonds. The van der Waals surface area contributed by atoms with Gasteiger partial charge in [0.15, 0.2) is 11.6 Å². The van der Waals surface area contributed by atoms with Gasteiger partial charge in [-0.1, -0.05) is 0 Å². The van der Waals surface area contributed by atoms with Crippen molar-refractivity contribution in [2.75, 3.05) is 5.43 Å². The fourth-order valence-corrected chi connectivity index (χ4v) is 0.827. The van der Waals surface area contributed by atoms with Crippen LogP contribution in [0, 0.1) is 11.6 Å². The summed E-state index contributed by atoms with van der Waals surface area (Å²) in [4.78, 5) is 0. The lowest BCUT2D eigenvalue weighted by Gasteiger charge is -2.03. The Morgan fingerprint density at radius 2 is 2.00 bits per heavy atom. The summed E-state index contributed by atoms with van der Waals surface area (Å²) in [5.74, 6) is 2.65. The van der Waals surface area contributed by atoms with E-state index in [1.807, 2.05) is 0 Å². The van der Waals surface area contributed by atoms with Crippen LogP contribution in [-0.4, -0.2) is 0 Å².